The average Bonchev–Trinajstić information content (AvgIpc) is 2.65. The summed E-state index contributed by atoms with van der Waals surface area (Å²) in [5.74, 6) is 0. The van der Waals surface area contributed by atoms with Crippen LogP contribution in [0, 0.1) is 0 Å². The maximum absolute atomic E-state index is 4.67. The van der Waals surface area contributed by atoms with E-state index in [1.165, 1.54) is 0 Å². The van der Waals surface area contributed by atoms with Crippen molar-refractivity contribution in [3.8, 4) is 0 Å². The van der Waals surface area contributed by atoms with Crippen LogP contribution in [0.5, 0.6) is 0 Å². The van der Waals surface area contributed by atoms with E-state index in [0.29, 0.717) is 0 Å². The van der Waals surface area contributed by atoms with E-state index in [2.05, 4.69) is 19.9 Å². The lowest BCUT2D eigenvalue weighted by atomic mass is 10.1. The fourth-order valence-corrected chi connectivity index (χ4v) is 1.67. The first-order valence-corrected chi connectivity index (χ1v) is 4.13. The molecule has 0 fully saturated rings. The molecular weight excluding hydrogens is 166 g/mol. The predicted molar refractivity (Wildman–Crippen MR) is 48.3 cm³/mol. The third-order valence-electron chi connectivity index (χ3n) is 2.25. The Hall–Kier alpha value is -1.71. The van der Waals surface area contributed by atoms with Crippen LogP contribution in [0.3, 0.4) is 0 Å². The first-order chi connectivity index (χ1) is 6.34. The number of benzene rings is 1. The highest BCUT2D eigenvalue weighted by molar-refractivity contribution is 5.98. The summed E-state index contributed by atoms with van der Waals surface area (Å²) in [6.45, 7) is 2.01. The lowest BCUT2D eigenvalue weighted by molar-refractivity contribution is 0.315. The molecule has 2 heterocycles. The Balaban J connectivity index is 2.39. The molecule has 3 rings (SSSR count). The predicted octanol–water partition coefficient (Wildman–Crippen LogP) is 1.87. The fourth-order valence-electron chi connectivity index (χ4n) is 1.67. The molecule has 13 heavy (non-hydrogen) atoms. The summed E-state index contributed by atoms with van der Waals surface area (Å²) in [4.78, 5) is 4.39. The number of aromatic nitrogens is 2. The van der Waals surface area contributed by atoms with Gasteiger partial charge in [0.15, 0.2) is 0 Å². The second-order valence-electron chi connectivity index (χ2n) is 3.22. The molecule has 64 valence electrons. The molecule has 4 heteroatoms. The van der Waals surface area contributed by atoms with Gasteiger partial charge in [-0.15, -0.1) is 0 Å². The van der Waals surface area contributed by atoms with E-state index in [0.717, 1.165) is 34.4 Å². The Morgan fingerprint density at radius 2 is 2.23 bits per heavy atom. The maximum Gasteiger partial charge on any atom is 0.140 e. The molecule has 1 aromatic carbocycles. The molecule has 0 N–H and O–H groups in total. The number of fused-ring (bicyclic) bond motifs is 3. The summed E-state index contributed by atoms with van der Waals surface area (Å²) in [5.41, 5.74) is 4.91. The molecule has 0 saturated heterocycles. The van der Waals surface area contributed by atoms with Gasteiger partial charge >= 0.3 is 0 Å². The van der Waals surface area contributed by atoms with Crippen LogP contribution >= 0.6 is 0 Å². The van der Waals surface area contributed by atoms with Crippen LogP contribution in [0.2, 0.25) is 0 Å². The fraction of sp³-hybridized carbons (Fsp3) is 0.222. The van der Waals surface area contributed by atoms with Gasteiger partial charge in [-0.2, -0.15) is 0 Å². The Kier molecular flexibility index (Phi) is 1.12. The van der Waals surface area contributed by atoms with Crippen molar-refractivity contribution in [2.24, 2.45) is 4.99 Å². The lowest BCUT2D eigenvalue weighted by Crippen LogP contribution is -1.89. The standard InChI is InChI=1S/C9H7N3O/c1-5-4-6-7(10-5)2-3-8-9(6)12-13-11-8/h2-3H,4H2,1H3. The Morgan fingerprint density at radius 1 is 1.31 bits per heavy atom. The first-order valence-electron chi connectivity index (χ1n) is 4.13. The Labute approximate surface area is 74.2 Å². The lowest BCUT2D eigenvalue weighted by Gasteiger charge is -1.93. The molecule has 0 amide bonds. The van der Waals surface area contributed by atoms with Crippen molar-refractivity contribution in [2.75, 3.05) is 0 Å². The Bertz CT molecular complexity index is 513. The van der Waals surface area contributed by atoms with Crippen molar-refractivity contribution >= 4 is 22.4 Å². The van der Waals surface area contributed by atoms with Crippen molar-refractivity contribution in [3.05, 3.63) is 17.7 Å². The third-order valence-corrected chi connectivity index (χ3v) is 2.25. The van der Waals surface area contributed by atoms with Gasteiger partial charge in [-0.3, -0.25) is 4.99 Å². The van der Waals surface area contributed by atoms with Crippen molar-refractivity contribution in [1.82, 2.24) is 10.3 Å². The van der Waals surface area contributed by atoms with E-state index in [1.807, 2.05) is 19.1 Å². The topological polar surface area (TPSA) is 51.3 Å². The van der Waals surface area contributed by atoms with Crippen LogP contribution in [0.4, 0.5) is 5.69 Å². The molecule has 0 unspecified atom stereocenters. The summed E-state index contributed by atoms with van der Waals surface area (Å²) in [7, 11) is 0. The quantitative estimate of drug-likeness (QED) is 0.611. The molecule has 2 aromatic rings. The van der Waals surface area contributed by atoms with Gasteiger partial charge in [0.05, 0.1) is 5.69 Å². The first kappa shape index (κ1) is 6.77. The molecular formula is C9H7N3O. The van der Waals surface area contributed by atoms with Gasteiger partial charge in [0.1, 0.15) is 11.0 Å². The molecule has 0 saturated carbocycles. The molecule has 0 atom stereocenters. The number of aliphatic imine (C=N–C) groups is 1. The van der Waals surface area contributed by atoms with Crippen molar-refractivity contribution in [2.45, 2.75) is 13.3 Å². The van der Waals surface area contributed by atoms with Gasteiger partial charge in [0.25, 0.3) is 0 Å². The molecule has 1 aliphatic rings. The summed E-state index contributed by atoms with van der Waals surface area (Å²) in [6.07, 6.45) is 0.862. The van der Waals surface area contributed by atoms with E-state index in [1.54, 1.807) is 0 Å². The van der Waals surface area contributed by atoms with Gasteiger partial charge in [-0.05, 0) is 29.4 Å². The summed E-state index contributed by atoms with van der Waals surface area (Å²) < 4.78 is 4.67. The summed E-state index contributed by atoms with van der Waals surface area (Å²) >= 11 is 0. The zero-order chi connectivity index (χ0) is 8.84. The number of hydrogen-bond donors (Lipinski definition) is 0. The van der Waals surface area contributed by atoms with Crippen molar-refractivity contribution in [3.63, 3.8) is 0 Å². The zero-order valence-electron chi connectivity index (χ0n) is 7.11. The highest BCUT2D eigenvalue weighted by Crippen LogP contribution is 2.31. The number of hydrogen-bond acceptors (Lipinski definition) is 4. The van der Waals surface area contributed by atoms with Gasteiger partial charge in [-0.1, -0.05) is 0 Å². The van der Waals surface area contributed by atoms with Crippen LogP contribution in [-0.4, -0.2) is 16.0 Å². The molecule has 1 aromatic heterocycles. The molecule has 0 radical (unpaired) electrons. The van der Waals surface area contributed by atoms with Crippen molar-refractivity contribution in [1.29, 1.82) is 0 Å². The maximum atomic E-state index is 4.67. The van der Waals surface area contributed by atoms with Gasteiger partial charge in [-0.25, -0.2) is 4.63 Å². The zero-order valence-corrected chi connectivity index (χ0v) is 7.11. The van der Waals surface area contributed by atoms with Gasteiger partial charge < -0.3 is 0 Å². The molecule has 4 nitrogen and oxygen atoms in total. The minimum absolute atomic E-state index is 0.809. The van der Waals surface area contributed by atoms with E-state index in [-0.39, 0.29) is 0 Å². The van der Waals surface area contributed by atoms with Crippen LogP contribution in [-0.2, 0) is 6.42 Å². The monoisotopic (exact) mass is 173 g/mol. The Morgan fingerprint density at radius 3 is 3.15 bits per heavy atom. The van der Waals surface area contributed by atoms with E-state index in [4.69, 9.17) is 0 Å². The van der Waals surface area contributed by atoms with E-state index >= 15 is 0 Å². The van der Waals surface area contributed by atoms with E-state index in [9.17, 15) is 0 Å². The largest absolute Gasteiger partial charge is 0.257 e. The van der Waals surface area contributed by atoms with E-state index < -0.39 is 0 Å². The van der Waals surface area contributed by atoms with Crippen LogP contribution in [0.25, 0.3) is 11.0 Å². The molecule has 0 bridgehead atoms. The molecule has 0 aliphatic carbocycles. The second kappa shape index (κ2) is 2.16. The normalized spacial score (nSPS) is 14.7. The van der Waals surface area contributed by atoms with Crippen LogP contribution in [0.1, 0.15) is 12.5 Å². The summed E-state index contributed by atoms with van der Waals surface area (Å²) in [6, 6.07) is 3.84. The molecule has 0 spiro atoms. The highest BCUT2D eigenvalue weighted by atomic mass is 16.6. The number of rotatable bonds is 0. The molecule has 1 aliphatic heterocycles. The third kappa shape index (κ3) is 0.824. The van der Waals surface area contributed by atoms with Crippen LogP contribution < -0.4 is 0 Å². The SMILES string of the molecule is CC1=Nc2ccc3nonc3c2C1. The van der Waals surface area contributed by atoms with Gasteiger partial charge in [0, 0.05) is 17.7 Å². The highest BCUT2D eigenvalue weighted by Gasteiger charge is 2.17. The summed E-state index contributed by atoms with van der Waals surface area (Å²) in [5, 5.41) is 7.65. The second-order valence-corrected chi connectivity index (χ2v) is 3.22. The minimum atomic E-state index is 0.809. The number of nitrogens with zero attached hydrogens (tertiary/aromatic N) is 3. The average molecular weight is 173 g/mol. The smallest absolute Gasteiger partial charge is 0.140 e. The minimum Gasteiger partial charge on any atom is -0.257 e. The van der Waals surface area contributed by atoms with Crippen LogP contribution in [0.15, 0.2) is 21.8 Å². The van der Waals surface area contributed by atoms with Gasteiger partial charge in [0.2, 0.25) is 0 Å². The van der Waals surface area contributed by atoms with Crippen molar-refractivity contribution < 1.29 is 4.63 Å².